The molecule has 1 aromatic rings. The molecule has 0 bridgehead atoms. The van der Waals surface area contributed by atoms with Gasteiger partial charge in [0.15, 0.2) is 0 Å². The first-order valence-electron chi connectivity index (χ1n) is 6.01. The number of benzene rings is 1. The second-order valence-electron chi connectivity index (χ2n) is 4.96. The van der Waals surface area contributed by atoms with Gasteiger partial charge < -0.3 is 5.11 Å². The van der Waals surface area contributed by atoms with Gasteiger partial charge in [-0.3, -0.25) is 10.1 Å². The SMILES string of the molecule is CC(C)c1cc(C=C[N+](=O)[O-])cc(C(C)C)c1O. The molecule has 4 heteroatoms. The number of nitro groups is 1. The van der Waals surface area contributed by atoms with E-state index in [9.17, 15) is 15.2 Å². The van der Waals surface area contributed by atoms with Crippen LogP contribution in [0, 0.1) is 10.1 Å². The van der Waals surface area contributed by atoms with Crippen molar-refractivity contribution in [3.63, 3.8) is 0 Å². The lowest BCUT2D eigenvalue weighted by atomic mass is 9.91. The lowest BCUT2D eigenvalue weighted by Gasteiger charge is -2.16. The van der Waals surface area contributed by atoms with Gasteiger partial charge in [0.1, 0.15) is 5.75 Å². The molecule has 98 valence electrons. The second-order valence-corrected chi connectivity index (χ2v) is 4.96. The molecule has 1 rings (SSSR count). The van der Waals surface area contributed by atoms with Crippen LogP contribution in [0.2, 0.25) is 0 Å². The molecule has 18 heavy (non-hydrogen) atoms. The van der Waals surface area contributed by atoms with Gasteiger partial charge in [0.25, 0.3) is 0 Å². The van der Waals surface area contributed by atoms with E-state index in [1.54, 1.807) is 12.1 Å². The molecule has 0 saturated carbocycles. The fourth-order valence-corrected chi connectivity index (χ4v) is 1.83. The number of hydrogen-bond donors (Lipinski definition) is 1. The topological polar surface area (TPSA) is 63.4 Å². The molecule has 0 aliphatic rings. The van der Waals surface area contributed by atoms with Crippen molar-refractivity contribution in [2.24, 2.45) is 0 Å². The Balaban J connectivity index is 3.33. The fraction of sp³-hybridized carbons (Fsp3) is 0.429. The summed E-state index contributed by atoms with van der Waals surface area (Å²) in [4.78, 5) is 9.86. The van der Waals surface area contributed by atoms with Crippen LogP contribution in [0.15, 0.2) is 18.3 Å². The molecule has 0 spiro atoms. The lowest BCUT2D eigenvalue weighted by molar-refractivity contribution is -0.400. The molecule has 4 nitrogen and oxygen atoms in total. The molecule has 0 aliphatic carbocycles. The average Bonchev–Trinajstić information content (AvgIpc) is 2.26. The van der Waals surface area contributed by atoms with Crippen LogP contribution < -0.4 is 0 Å². The summed E-state index contributed by atoms with van der Waals surface area (Å²) in [6, 6.07) is 3.60. The van der Waals surface area contributed by atoms with Gasteiger partial charge in [-0.15, -0.1) is 0 Å². The van der Waals surface area contributed by atoms with Crippen LogP contribution in [0.3, 0.4) is 0 Å². The summed E-state index contributed by atoms with van der Waals surface area (Å²) in [5, 5.41) is 20.5. The van der Waals surface area contributed by atoms with E-state index in [1.165, 1.54) is 6.08 Å². The molecule has 0 unspecified atom stereocenters. The Kier molecular flexibility index (Phi) is 4.48. The third kappa shape index (κ3) is 3.32. The molecule has 0 aliphatic heterocycles. The Morgan fingerprint density at radius 3 is 1.94 bits per heavy atom. The third-order valence-corrected chi connectivity index (χ3v) is 2.82. The summed E-state index contributed by atoms with van der Waals surface area (Å²) in [6.45, 7) is 7.95. The van der Waals surface area contributed by atoms with E-state index in [4.69, 9.17) is 0 Å². The summed E-state index contributed by atoms with van der Waals surface area (Å²) in [5.74, 6) is 0.649. The van der Waals surface area contributed by atoms with E-state index >= 15 is 0 Å². The maximum absolute atomic E-state index is 10.3. The van der Waals surface area contributed by atoms with E-state index in [1.807, 2.05) is 27.7 Å². The molecule has 0 amide bonds. The fourth-order valence-electron chi connectivity index (χ4n) is 1.83. The van der Waals surface area contributed by atoms with Crippen molar-refractivity contribution in [2.45, 2.75) is 39.5 Å². The zero-order valence-corrected chi connectivity index (χ0v) is 11.2. The van der Waals surface area contributed by atoms with E-state index in [2.05, 4.69) is 0 Å². The summed E-state index contributed by atoms with van der Waals surface area (Å²) in [7, 11) is 0. The largest absolute Gasteiger partial charge is 0.507 e. The normalized spacial score (nSPS) is 11.7. The van der Waals surface area contributed by atoms with Crippen LogP contribution in [0.25, 0.3) is 6.08 Å². The van der Waals surface area contributed by atoms with Crippen molar-refractivity contribution in [1.29, 1.82) is 0 Å². The minimum atomic E-state index is -0.489. The number of hydrogen-bond acceptors (Lipinski definition) is 3. The molecule has 1 aromatic carbocycles. The molecular weight excluding hydrogens is 230 g/mol. The predicted octanol–water partition coefficient (Wildman–Crippen LogP) is 3.89. The van der Waals surface area contributed by atoms with Gasteiger partial charge in [0, 0.05) is 6.08 Å². The first-order valence-corrected chi connectivity index (χ1v) is 6.01. The summed E-state index contributed by atoms with van der Waals surface area (Å²) in [6.07, 6.45) is 2.37. The van der Waals surface area contributed by atoms with Gasteiger partial charge in [0.05, 0.1) is 4.92 Å². The Morgan fingerprint density at radius 2 is 1.61 bits per heavy atom. The summed E-state index contributed by atoms with van der Waals surface area (Å²) < 4.78 is 0. The van der Waals surface area contributed by atoms with Gasteiger partial charge >= 0.3 is 0 Å². The predicted molar refractivity (Wildman–Crippen MR) is 72.3 cm³/mol. The highest BCUT2D eigenvalue weighted by molar-refractivity contribution is 5.57. The van der Waals surface area contributed by atoms with Gasteiger partial charge in [-0.05, 0) is 40.7 Å². The van der Waals surface area contributed by atoms with E-state index in [-0.39, 0.29) is 11.8 Å². The quantitative estimate of drug-likeness (QED) is 0.650. The highest BCUT2D eigenvalue weighted by Gasteiger charge is 2.14. The first kappa shape index (κ1) is 14.2. The van der Waals surface area contributed by atoms with Crippen LogP contribution in [0.4, 0.5) is 0 Å². The number of nitrogens with zero attached hydrogens (tertiary/aromatic N) is 1. The van der Waals surface area contributed by atoms with Crippen molar-refractivity contribution in [1.82, 2.24) is 0 Å². The van der Waals surface area contributed by atoms with Crippen LogP contribution in [0.5, 0.6) is 5.75 Å². The lowest BCUT2D eigenvalue weighted by Crippen LogP contribution is -1.97. The minimum Gasteiger partial charge on any atom is -0.507 e. The van der Waals surface area contributed by atoms with Gasteiger partial charge in [-0.25, -0.2) is 0 Å². The minimum absolute atomic E-state index is 0.173. The van der Waals surface area contributed by atoms with Gasteiger partial charge in [0.2, 0.25) is 6.20 Å². The maximum atomic E-state index is 10.3. The van der Waals surface area contributed by atoms with Crippen molar-refractivity contribution in [3.8, 4) is 5.75 Å². The maximum Gasteiger partial charge on any atom is 0.235 e. The number of rotatable bonds is 4. The third-order valence-electron chi connectivity index (χ3n) is 2.82. The molecular formula is C14H19NO3. The zero-order valence-electron chi connectivity index (χ0n) is 11.2. The van der Waals surface area contributed by atoms with Crippen LogP contribution in [-0.4, -0.2) is 10.0 Å². The first-order chi connectivity index (χ1) is 8.32. The van der Waals surface area contributed by atoms with Crippen molar-refractivity contribution in [2.75, 3.05) is 0 Å². The van der Waals surface area contributed by atoms with E-state index in [0.717, 1.165) is 22.9 Å². The van der Waals surface area contributed by atoms with Crippen LogP contribution in [0.1, 0.15) is 56.2 Å². The molecule has 0 fully saturated rings. The molecule has 1 N–H and O–H groups in total. The smallest absolute Gasteiger partial charge is 0.235 e. The molecule has 0 atom stereocenters. The Morgan fingerprint density at radius 1 is 1.17 bits per heavy atom. The summed E-state index contributed by atoms with van der Waals surface area (Å²) >= 11 is 0. The Bertz CT molecular complexity index is 447. The molecule has 0 heterocycles. The summed E-state index contributed by atoms with van der Waals surface area (Å²) in [5.41, 5.74) is 2.39. The van der Waals surface area contributed by atoms with Crippen molar-refractivity contribution in [3.05, 3.63) is 45.1 Å². The van der Waals surface area contributed by atoms with Crippen LogP contribution in [-0.2, 0) is 0 Å². The molecule has 0 radical (unpaired) electrons. The zero-order chi connectivity index (χ0) is 13.9. The number of phenolic OH excluding ortho intramolecular Hbond substituents is 1. The van der Waals surface area contributed by atoms with Crippen molar-refractivity contribution >= 4 is 6.08 Å². The highest BCUT2D eigenvalue weighted by atomic mass is 16.6. The molecule has 0 saturated heterocycles. The van der Waals surface area contributed by atoms with Crippen LogP contribution >= 0.6 is 0 Å². The second kappa shape index (κ2) is 5.67. The standard InChI is InChI=1S/C14H19NO3/c1-9(2)12-7-11(5-6-15(17)18)8-13(10(3)4)14(12)16/h5-10,16H,1-4H3. The monoisotopic (exact) mass is 249 g/mol. The van der Waals surface area contributed by atoms with E-state index < -0.39 is 4.92 Å². The van der Waals surface area contributed by atoms with Gasteiger partial charge in [-0.2, -0.15) is 0 Å². The molecule has 0 aromatic heterocycles. The highest BCUT2D eigenvalue weighted by Crippen LogP contribution is 2.35. The number of aromatic hydroxyl groups is 1. The Labute approximate surface area is 107 Å². The van der Waals surface area contributed by atoms with E-state index in [0.29, 0.717) is 5.75 Å². The Hall–Kier alpha value is -1.84. The van der Waals surface area contributed by atoms with Gasteiger partial charge in [-0.1, -0.05) is 27.7 Å². The average molecular weight is 249 g/mol. The van der Waals surface area contributed by atoms with Crippen molar-refractivity contribution < 1.29 is 10.0 Å². The number of phenols is 1.